The van der Waals surface area contributed by atoms with Gasteiger partial charge in [-0.05, 0) is 12.1 Å². The highest BCUT2D eigenvalue weighted by Crippen LogP contribution is 2.30. The molecule has 3 aromatic rings. The van der Waals surface area contributed by atoms with E-state index in [1.165, 1.54) is 0 Å². The van der Waals surface area contributed by atoms with Crippen molar-refractivity contribution in [1.29, 1.82) is 0 Å². The van der Waals surface area contributed by atoms with Crippen LogP contribution < -0.4 is 0 Å². The van der Waals surface area contributed by atoms with E-state index >= 15 is 0 Å². The van der Waals surface area contributed by atoms with E-state index < -0.39 is 0 Å². The second-order valence-electron chi connectivity index (χ2n) is 4.80. The maximum atomic E-state index is 4.73. The van der Waals surface area contributed by atoms with E-state index in [9.17, 15) is 0 Å². The lowest BCUT2D eigenvalue weighted by molar-refractivity contribution is 0.961. The van der Waals surface area contributed by atoms with Crippen LogP contribution in [0.25, 0.3) is 11.3 Å². The summed E-state index contributed by atoms with van der Waals surface area (Å²) >= 11 is 1.73. The molecule has 0 amide bonds. The van der Waals surface area contributed by atoms with Crippen molar-refractivity contribution in [3.63, 3.8) is 0 Å². The predicted octanol–water partition coefficient (Wildman–Crippen LogP) is 4.23. The van der Waals surface area contributed by atoms with Crippen LogP contribution in [0.4, 0.5) is 5.69 Å². The first-order valence-corrected chi connectivity index (χ1v) is 7.79. The molecule has 0 unspecified atom stereocenters. The number of rotatable bonds is 2. The lowest BCUT2D eigenvalue weighted by atomic mass is 10.2. The number of thioether (sulfide) groups is 1. The fourth-order valence-corrected chi connectivity index (χ4v) is 3.26. The number of fused-ring (bicyclic) bond motifs is 1. The monoisotopic (exact) mass is 291 g/mol. The quantitative estimate of drug-likeness (QED) is 0.707. The number of para-hydroxylation sites is 1. The van der Waals surface area contributed by atoms with Gasteiger partial charge in [0.2, 0.25) is 0 Å². The van der Waals surface area contributed by atoms with Gasteiger partial charge in [0, 0.05) is 11.8 Å². The van der Waals surface area contributed by atoms with E-state index in [-0.39, 0.29) is 0 Å². The second kappa shape index (κ2) is 5.22. The Bertz CT molecular complexity index is 791. The number of hydrogen-bond acceptors (Lipinski definition) is 3. The minimum Gasteiger partial charge on any atom is -0.281 e. The minimum atomic E-state index is 0.867. The molecule has 0 aliphatic carbocycles. The SMILES string of the molecule is c1ccc(N=C2CSc3nc(-c4ccccc4)cn32)cc1. The Kier molecular flexibility index (Phi) is 3.09. The van der Waals surface area contributed by atoms with Crippen molar-refractivity contribution in [2.45, 2.75) is 5.16 Å². The molecular formula is C17H13N3S. The molecule has 0 radical (unpaired) electrons. The number of aliphatic imine (C=N–C) groups is 1. The van der Waals surface area contributed by atoms with Crippen LogP contribution in [0.1, 0.15) is 0 Å². The van der Waals surface area contributed by atoms with Crippen molar-refractivity contribution < 1.29 is 0 Å². The van der Waals surface area contributed by atoms with Gasteiger partial charge in [0.25, 0.3) is 0 Å². The summed E-state index contributed by atoms with van der Waals surface area (Å²) in [7, 11) is 0. The zero-order chi connectivity index (χ0) is 14.1. The highest BCUT2D eigenvalue weighted by molar-refractivity contribution is 8.00. The highest BCUT2D eigenvalue weighted by atomic mass is 32.2. The normalized spacial score (nSPS) is 15.3. The number of aromatic nitrogens is 2. The van der Waals surface area contributed by atoms with Crippen molar-refractivity contribution in [3.8, 4) is 11.3 Å². The van der Waals surface area contributed by atoms with Gasteiger partial charge in [0.15, 0.2) is 5.16 Å². The summed E-state index contributed by atoms with van der Waals surface area (Å²) < 4.78 is 2.10. The van der Waals surface area contributed by atoms with Gasteiger partial charge in [-0.3, -0.25) is 4.57 Å². The van der Waals surface area contributed by atoms with Crippen molar-refractivity contribution in [2.75, 3.05) is 5.75 Å². The first-order valence-electron chi connectivity index (χ1n) is 6.81. The van der Waals surface area contributed by atoms with Gasteiger partial charge < -0.3 is 0 Å². The Morgan fingerprint density at radius 2 is 1.67 bits per heavy atom. The van der Waals surface area contributed by atoms with Crippen LogP contribution in [-0.4, -0.2) is 21.1 Å². The average Bonchev–Trinajstić information content (AvgIpc) is 3.11. The van der Waals surface area contributed by atoms with Crippen molar-refractivity contribution >= 4 is 23.3 Å². The van der Waals surface area contributed by atoms with E-state index in [1.807, 2.05) is 48.5 Å². The van der Waals surface area contributed by atoms with Crippen LogP contribution in [0, 0.1) is 0 Å². The molecule has 4 heteroatoms. The fraction of sp³-hybridized carbons (Fsp3) is 0.0588. The third-order valence-electron chi connectivity index (χ3n) is 3.37. The topological polar surface area (TPSA) is 30.2 Å². The van der Waals surface area contributed by atoms with E-state index in [0.29, 0.717) is 0 Å². The van der Waals surface area contributed by atoms with Crippen LogP contribution in [-0.2, 0) is 0 Å². The van der Waals surface area contributed by atoms with Crippen LogP contribution >= 0.6 is 11.8 Å². The molecule has 0 N–H and O–H groups in total. The van der Waals surface area contributed by atoms with Crippen molar-refractivity contribution in [2.24, 2.45) is 4.99 Å². The van der Waals surface area contributed by atoms with Crippen LogP contribution in [0.3, 0.4) is 0 Å². The first-order chi connectivity index (χ1) is 10.4. The Balaban J connectivity index is 1.73. The Labute approximate surface area is 127 Å². The maximum Gasteiger partial charge on any atom is 0.174 e. The molecule has 0 saturated carbocycles. The molecular weight excluding hydrogens is 278 g/mol. The van der Waals surface area contributed by atoms with Gasteiger partial charge in [-0.2, -0.15) is 0 Å². The number of nitrogens with zero attached hydrogens (tertiary/aromatic N) is 3. The van der Waals surface area contributed by atoms with Gasteiger partial charge in [0.05, 0.1) is 17.1 Å². The smallest absolute Gasteiger partial charge is 0.174 e. The summed E-state index contributed by atoms with van der Waals surface area (Å²) in [4.78, 5) is 9.42. The predicted molar refractivity (Wildman–Crippen MR) is 87.3 cm³/mol. The van der Waals surface area contributed by atoms with E-state index in [2.05, 4.69) is 22.9 Å². The molecule has 0 saturated heterocycles. The second-order valence-corrected chi connectivity index (χ2v) is 5.74. The third-order valence-corrected chi connectivity index (χ3v) is 4.31. The Morgan fingerprint density at radius 3 is 2.43 bits per heavy atom. The summed E-state index contributed by atoms with van der Waals surface area (Å²) in [6.07, 6.45) is 2.08. The van der Waals surface area contributed by atoms with Gasteiger partial charge >= 0.3 is 0 Å². The first kappa shape index (κ1) is 12.4. The van der Waals surface area contributed by atoms with Crippen molar-refractivity contribution in [3.05, 3.63) is 66.9 Å². The minimum absolute atomic E-state index is 0.867. The molecule has 4 rings (SSSR count). The molecule has 1 aliphatic heterocycles. The van der Waals surface area contributed by atoms with Crippen LogP contribution in [0.5, 0.6) is 0 Å². The fourth-order valence-electron chi connectivity index (χ4n) is 2.33. The molecule has 0 atom stereocenters. The van der Waals surface area contributed by atoms with Gasteiger partial charge in [-0.1, -0.05) is 60.3 Å². The molecule has 1 aromatic heterocycles. The largest absolute Gasteiger partial charge is 0.281 e. The summed E-state index contributed by atoms with van der Waals surface area (Å²) in [5, 5.41) is 1.02. The van der Waals surface area contributed by atoms with Crippen molar-refractivity contribution in [1.82, 2.24) is 9.55 Å². The van der Waals surface area contributed by atoms with Crippen LogP contribution in [0.15, 0.2) is 77.0 Å². The lowest BCUT2D eigenvalue weighted by Gasteiger charge is -2.00. The summed E-state index contributed by atoms with van der Waals surface area (Å²) in [6.45, 7) is 0. The van der Waals surface area contributed by atoms with Gasteiger partial charge in [0.1, 0.15) is 5.84 Å². The standard InChI is InChI=1S/C17H13N3S/c1-3-7-13(8-4-1)15-11-20-16(12-21-17(20)19-15)18-14-9-5-2-6-10-14/h1-11H,12H2. The highest BCUT2D eigenvalue weighted by Gasteiger charge is 2.21. The lowest BCUT2D eigenvalue weighted by Crippen LogP contribution is -2.06. The summed E-state index contributed by atoms with van der Waals surface area (Å²) in [6, 6.07) is 20.3. The number of benzene rings is 2. The summed E-state index contributed by atoms with van der Waals surface area (Å²) in [5.74, 6) is 1.91. The van der Waals surface area contributed by atoms with E-state index in [1.54, 1.807) is 11.8 Å². The molecule has 0 spiro atoms. The molecule has 2 aromatic carbocycles. The van der Waals surface area contributed by atoms with E-state index in [4.69, 9.17) is 9.98 Å². The van der Waals surface area contributed by atoms with Gasteiger partial charge in [-0.15, -0.1) is 0 Å². The number of hydrogen-bond donors (Lipinski definition) is 0. The summed E-state index contributed by atoms with van der Waals surface area (Å²) in [5.41, 5.74) is 3.12. The molecule has 102 valence electrons. The van der Waals surface area contributed by atoms with E-state index in [0.717, 1.165) is 33.7 Å². The van der Waals surface area contributed by atoms with Crippen LogP contribution in [0.2, 0.25) is 0 Å². The maximum absolute atomic E-state index is 4.73. The Hall–Kier alpha value is -2.33. The molecule has 0 fully saturated rings. The molecule has 1 aliphatic rings. The zero-order valence-electron chi connectivity index (χ0n) is 11.3. The zero-order valence-corrected chi connectivity index (χ0v) is 12.1. The number of imidazole rings is 1. The molecule has 0 bridgehead atoms. The average molecular weight is 291 g/mol. The third kappa shape index (κ3) is 2.38. The van der Waals surface area contributed by atoms with Gasteiger partial charge in [-0.25, -0.2) is 9.98 Å². The molecule has 3 nitrogen and oxygen atoms in total. The molecule has 21 heavy (non-hydrogen) atoms. The Morgan fingerprint density at radius 1 is 0.952 bits per heavy atom. The molecule has 2 heterocycles.